The number of fused-ring (bicyclic) bond motifs is 5. The molecule has 0 aromatic carbocycles. The van der Waals surface area contributed by atoms with E-state index in [2.05, 4.69) is 13.8 Å². The molecule has 0 bridgehead atoms. The average Bonchev–Trinajstić information content (AvgIpc) is 3.41. The molecule has 2 aliphatic heterocycles. The molecule has 37 heavy (non-hydrogen) atoms. The monoisotopic (exact) mass is 520 g/mol. The Morgan fingerprint density at radius 2 is 1.73 bits per heavy atom. The maximum atomic E-state index is 12.4. The lowest BCUT2D eigenvalue weighted by molar-refractivity contribution is -0.310. The van der Waals surface area contributed by atoms with Crippen LogP contribution in [-0.2, 0) is 19.0 Å². The van der Waals surface area contributed by atoms with Crippen molar-refractivity contribution in [2.45, 2.75) is 121 Å². The highest BCUT2D eigenvalue weighted by Gasteiger charge is 2.67. The maximum absolute atomic E-state index is 12.4. The first-order chi connectivity index (χ1) is 17.5. The van der Waals surface area contributed by atoms with Crippen molar-refractivity contribution in [3.63, 3.8) is 0 Å². The van der Waals surface area contributed by atoms with Gasteiger partial charge in [-0.1, -0.05) is 13.8 Å². The SMILES string of the molecule is C[C@@H]1O[C@@H](O[C@H]2CC[C@@]3(C)[C@@H](CC[C@@H]4[C@@H]3CC[C@]3(C)[C@@H](C5=CC(=O)OC5)CC[C@]43O)C2)[C@H](O)[C@H](O)[C@H]1O. The van der Waals surface area contributed by atoms with Crippen LogP contribution in [0.3, 0.4) is 0 Å². The van der Waals surface area contributed by atoms with Gasteiger partial charge in [0.2, 0.25) is 0 Å². The molecule has 8 heteroatoms. The van der Waals surface area contributed by atoms with E-state index in [0.717, 1.165) is 63.4 Å². The van der Waals surface area contributed by atoms with Gasteiger partial charge in [-0.2, -0.15) is 0 Å². The molecule has 1 saturated heterocycles. The summed E-state index contributed by atoms with van der Waals surface area (Å²) in [5.41, 5.74) is 0.243. The van der Waals surface area contributed by atoms with Gasteiger partial charge < -0.3 is 34.6 Å². The number of aliphatic hydroxyl groups is 4. The summed E-state index contributed by atoms with van der Waals surface area (Å²) in [7, 11) is 0. The molecule has 0 unspecified atom stereocenters. The lowest BCUT2D eigenvalue weighted by Crippen LogP contribution is -2.62. The number of ether oxygens (including phenoxy) is 3. The number of hydrogen-bond acceptors (Lipinski definition) is 8. The highest BCUT2D eigenvalue weighted by atomic mass is 16.7. The summed E-state index contributed by atoms with van der Waals surface area (Å²) in [6.07, 6.45) is 4.88. The number of hydrogen-bond donors (Lipinski definition) is 4. The van der Waals surface area contributed by atoms with Crippen LogP contribution >= 0.6 is 0 Å². The van der Waals surface area contributed by atoms with Crippen LogP contribution in [0.25, 0.3) is 0 Å². The summed E-state index contributed by atoms with van der Waals surface area (Å²) in [6.45, 7) is 6.73. The molecule has 6 rings (SSSR count). The molecule has 6 aliphatic rings. The second-order valence-corrected chi connectivity index (χ2v) is 13.5. The average molecular weight is 521 g/mol. The van der Waals surface area contributed by atoms with Gasteiger partial charge in [-0.05, 0) is 99.4 Å². The molecule has 13 atom stereocenters. The normalized spacial score (nSPS) is 55.6. The summed E-state index contributed by atoms with van der Waals surface area (Å²) in [5, 5.41) is 43.0. The van der Waals surface area contributed by atoms with E-state index in [1.165, 1.54) is 0 Å². The Balaban J connectivity index is 1.16. The van der Waals surface area contributed by atoms with Gasteiger partial charge in [0.1, 0.15) is 24.9 Å². The molecule has 0 aromatic rings. The quantitative estimate of drug-likeness (QED) is 0.330. The van der Waals surface area contributed by atoms with E-state index in [0.29, 0.717) is 18.4 Å². The fraction of sp³-hybridized carbons (Fsp3) is 0.897. The topological polar surface area (TPSA) is 126 Å². The van der Waals surface area contributed by atoms with E-state index in [-0.39, 0.29) is 34.7 Å². The van der Waals surface area contributed by atoms with E-state index in [4.69, 9.17) is 14.2 Å². The van der Waals surface area contributed by atoms with E-state index in [1.807, 2.05) is 0 Å². The van der Waals surface area contributed by atoms with Crippen LogP contribution in [0.4, 0.5) is 0 Å². The molecule has 8 nitrogen and oxygen atoms in total. The third kappa shape index (κ3) is 3.80. The number of carbonyl (C=O) groups excluding carboxylic acids is 1. The summed E-state index contributed by atoms with van der Waals surface area (Å²) in [5.74, 6) is 1.14. The predicted molar refractivity (Wildman–Crippen MR) is 133 cm³/mol. The first-order valence-electron chi connectivity index (χ1n) is 14.4. The van der Waals surface area contributed by atoms with Gasteiger partial charge in [0.25, 0.3) is 0 Å². The zero-order chi connectivity index (χ0) is 26.3. The summed E-state index contributed by atoms with van der Waals surface area (Å²) < 4.78 is 17.2. The van der Waals surface area contributed by atoms with Gasteiger partial charge in [-0.15, -0.1) is 0 Å². The van der Waals surface area contributed by atoms with Crippen molar-refractivity contribution in [2.75, 3.05) is 6.61 Å². The van der Waals surface area contributed by atoms with Gasteiger partial charge in [0.05, 0.1) is 17.8 Å². The van der Waals surface area contributed by atoms with Gasteiger partial charge >= 0.3 is 5.97 Å². The van der Waals surface area contributed by atoms with E-state index in [1.54, 1.807) is 13.0 Å². The summed E-state index contributed by atoms with van der Waals surface area (Å²) >= 11 is 0. The molecule has 4 aliphatic carbocycles. The Kier molecular flexibility index (Phi) is 6.37. The van der Waals surface area contributed by atoms with Crippen LogP contribution in [-0.4, -0.2) is 75.4 Å². The molecule has 0 radical (unpaired) electrons. The first kappa shape index (κ1) is 26.2. The molecule has 208 valence electrons. The van der Waals surface area contributed by atoms with Crippen molar-refractivity contribution < 1.29 is 39.4 Å². The van der Waals surface area contributed by atoms with Crippen molar-refractivity contribution in [1.82, 2.24) is 0 Å². The molecule has 4 N–H and O–H groups in total. The van der Waals surface area contributed by atoms with Crippen LogP contribution < -0.4 is 0 Å². The van der Waals surface area contributed by atoms with Crippen LogP contribution in [0, 0.1) is 34.5 Å². The van der Waals surface area contributed by atoms with E-state index >= 15 is 0 Å². The van der Waals surface area contributed by atoms with Crippen molar-refractivity contribution in [2.24, 2.45) is 34.5 Å². The maximum Gasteiger partial charge on any atom is 0.331 e. The van der Waals surface area contributed by atoms with Gasteiger partial charge in [-0.3, -0.25) is 0 Å². The molecular weight excluding hydrogens is 476 g/mol. The van der Waals surface area contributed by atoms with Gasteiger partial charge in [0.15, 0.2) is 6.29 Å². The van der Waals surface area contributed by atoms with Crippen LogP contribution in [0.15, 0.2) is 11.6 Å². The Labute approximate surface area is 219 Å². The molecule has 5 fully saturated rings. The summed E-state index contributed by atoms with van der Waals surface area (Å²) in [4.78, 5) is 11.8. The molecule has 4 saturated carbocycles. The van der Waals surface area contributed by atoms with Crippen LogP contribution in [0.1, 0.15) is 78.6 Å². The Hall–Kier alpha value is -1.03. The third-order valence-corrected chi connectivity index (χ3v) is 12.1. The smallest absolute Gasteiger partial charge is 0.331 e. The number of carbonyl (C=O) groups is 1. The van der Waals surface area contributed by atoms with Crippen molar-refractivity contribution in [1.29, 1.82) is 0 Å². The van der Waals surface area contributed by atoms with Gasteiger partial charge in [-0.25, -0.2) is 4.79 Å². The second kappa shape index (κ2) is 9.00. The lowest BCUT2D eigenvalue weighted by Gasteiger charge is -2.64. The Morgan fingerprint density at radius 1 is 0.946 bits per heavy atom. The molecule has 0 aromatic heterocycles. The minimum atomic E-state index is -1.28. The number of aliphatic hydroxyl groups excluding tert-OH is 3. The highest BCUT2D eigenvalue weighted by molar-refractivity contribution is 5.85. The Bertz CT molecular complexity index is 952. The number of rotatable bonds is 3. The lowest BCUT2D eigenvalue weighted by atomic mass is 9.43. The standard InChI is InChI=1S/C29H44O8/c1-15-23(31)24(32)25(33)26(36-15)37-18-6-9-27(2)17(13-18)4-5-21-20(27)7-10-28(3)19(8-11-29(21,28)34)16-12-22(30)35-14-16/h12,15,17-21,23-26,31-34H,4-11,13-14H2,1-3H3/t15-,17-,18-,19+,20-,21+,23-,24+,25+,26-,27-,28+,29-/m0/s1. The fourth-order valence-corrected chi connectivity index (χ4v) is 9.81. The molecule has 0 spiro atoms. The minimum Gasteiger partial charge on any atom is -0.458 e. The third-order valence-electron chi connectivity index (χ3n) is 12.1. The Morgan fingerprint density at radius 3 is 2.46 bits per heavy atom. The van der Waals surface area contributed by atoms with Crippen molar-refractivity contribution in [3.05, 3.63) is 11.6 Å². The summed E-state index contributed by atoms with van der Waals surface area (Å²) in [6, 6.07) is 0. The van der Waals surface area contributed by atoms with Crippen LogP contribution in [0.5, 0.6) is 0 Å². The minimum absolute atomic E-state index is 0.0661. The molecular formula is C29H44O8. The van der Waals surface area contributed by atoms with Crippen molar-refractivity contribution >= 4 is 5.97 Å². The predicted octanol–water partition coefficient (Wildman–Crippen LogP) is 2.46. The molecule has 2 heterocycles. The van der Waals surface area contributed by atoms with Crippen molar-refractivity contribution in [3.8, 4) is 0 Å². The van der Waals surface area contributed by atoms with Gasteiger partial charge in [0, 0.05) is 11.5 Å². The fourth-order valence-electron chi connectivity index (χ4n) is 9.81. The zero-order valence-corrected chi connectivity index (χ0v) is 22.3. The molecule has 0 amide bonds. The van der Waals surface area contributed by atoms with E-state index < -0.39 is 36.3 Å². The second-order valence-electron chi connectivity index (χ2n) is 13.5. The zero-order valence-electron chi connectivity index (χ0n) is 22.3. The highest BCUT2D eigenvalue weighted by Crippen LogP contribution is 2.70. The largest absolute Gasteiger partial charge is 0.458 e. The number of esters is 1. The first-order valence-corrected chi connectivity index (χ1v) is 14.4. The number of cyclic esters (lactones) is 1. The van der Waals surface area contributed by atoms with Crippen LogP contribution in [0.2, 0.25) is 0 Å². The van der Waals surface area contributed by atoms with E-state index in [9.17, 15) is 25.2 Å².